The molecule has 0 saturated heterocycles. The van der Waals surface area contributed by atoms with E-state index in [2.05, 4.69) is 5.32 Å². The fourth-order valence-electron chi connectivity index (χ4n) is 2.63. The van der Waals surface area contributed by atoms with Gasteiger partial charge in [0, 0.05) is 12.7 Å². The summed E-state index contributed by atoms with van der Waals surface area (Å²) in [5.41, 5.74) is 1.29. The molecule has 0 spiro atoms. The van der Waals surface area contributed by atoms with Gasteiger partial charge in [0.15, 0.2) is 0 Å². The number of hydrogen-bond acceptors (Lipinski definition) is 5. The molecular formula is C18H16N2O5. The zero-order chi connectivity index (χ0) is 18.1. The van der Waals surface area contributed by atoms with Gasteiger partial charge in [0.1, 0.15) is 11.5 Å². The van der Waals surface area contributed by atoms with Gasteiger partial charge in [-0.3, -0.25) is 19.3 Å². The molecule has 0 aliphatic carbocycles. The molecule has 2 aromatic carbocycles. The van der Waals surface area contributed by atoms with E-state index in [0.29, 0.717) is 28.3 Å². The molecule has 2 aromatic rings. The Morgan fingerprint density at radius 1 is 0.960 bits per heavy atom. The second kappa shape index (κ2) is 6.27. The molecule has 25 heavy (non-hydrogen) atoms. The van der Waals surface area contributed by atoms with E-state index in [1.807, 2.05) is 0 Å². The van der Waals surface area contributed by atoms with Crippen LogP contribution in [0.3, 0.4) is 0 Å². The van der Waals surface area contributed by atoms with Gasteiger partial charge >= 0.3 is 0 Å². The molecule has 0 saturated carbocycles. The molecule has 1 heterocycles. The van der Waals surface area contributed by atoms with Crippen molar-refractivity contribution in [3.05, 3.63) is 53.1 Å². The molecule has 0 unspecified atom stereocenters. The second-order valence-electron chi connectivity index (χ2n) is 5.45. The number of methoxy groups -OCH3 is 2. The van der Waals surface area contributed by atoms with Crippen LogP contribution in [0.5, 0.6) is 11.5 Å². The SMILES string of the molecule is COc1ccc(OC)c(C(=O)Nc2ccc3c(c2)C(=O)N(C)C3=O)c1. The van der Waals surface area contributed by atoms with E-state index in [0.717, 1.165) is 4.90 Å². The molecule has 0 bridgehead atoms. The van der Waals surface area contributed by atoms with Gasteiger partial charge in [0.05, 0.1) is 30.9 Å². The maximum Gasteiger partial charge on any atom is 0.261 e. The molecule has 3 rings (SSSR count). The van der Waals surface area contributed by atoms with Crippen molar-refractivity contribution in [1.82, 2.24) is 4.90 Å². The Labute approximate surface area is 144 Å². The van der Waals surface area contributed by atoms with E-state index >= 15 is 0 Å². The first-order chi connectivity index (χ1) is 12.0. The predicted octanol–water partition coefficient (Wildman–Crippen LogP) is 2.18. The van der Waals surface area contributed by atoms with Crippen molar-refractivity contribution in [2.45, 2.75) is 0 Å². The quantitative estimate of drug-likeness (QED) is 0.863. The Morgan fingerprint density at radius 3 is 2.36 bits per heavy atom. The summed E-state index contributed by atoms with van der Waals surface area (Å²) in [6, 6.07) is 9.47. The van der Waals surface area contributed by atoms with Crippen LogP contribution in [0.1, 0.15) is 31.1 Å². The minimum Gasteiger partial charge on any atom is -0.497 e. The predicted molar refractivity (Wildman–Crippen MR) is 90.4 cm³/mol. The van der Waals surface area contributed by atoms with Gasteiger partial charge in [-0.05, 0) is 36.4 Å². The number of amides is 3. The normalized spacial score (nSPS) is 12.8. The zero-order valence-electron chi connectivity index (χ0n) is 14.0. The van der Waals surface area contributed by atoms with Crippen molar-refractivity contribution in [2.75, 3.05) is 26.6 Å². The number of hydrogen-bond donors (Lipinski definition) is 1. The lowest BCUT2D eigenvalue weighted by Gasteiger charge is -2.11. The monoisotopic (exact) mass is 340 g/mol. The minimum atomic E-state index is -0.416. The Kier molecular flexibility index (Phi) is 4.14. The summed E-state index contributed by atoms with van der Waals surface area (Å²) >= 11 is 0. The van der Waals surface area contributed by atoms with Gasteiger partial charge in [0.2, 0.25) is 0 Å². The lowest BCUT2D eigenvalue weighted by Crippen LogP contribution is -2.24. The molecule has 1 N–H and O–H groups in total. The minimum absolute atomic E-state index is 0.267. The Hall–Kier alpha value is -3.35. The highest BCUT2D eigenvalue weighted by molar-refractivity contribution is 6.21. The fraction of sp³-hybridized carbons (Fsp3) is 0.167. The molecule has 128 valence electrons. The maximum atomic E-state index is 12.6. The zero-order valence-corrected chi connectivity index (χ0v) is 14.0. The number of carbonyl (C=O) groups is 3. The Bertz CT molecular complexity index is 891. The van der Waals surface area contributed by atoms with Crippen molar-refractivity contribution in [1.29, 1.82) is 0 Å². The van der Waals surface area contributed by atoms with Gasteiger partial charge in [0.25, 0.3) is 17.7 Å². The van der Waals surface area contributed by atoms with Crippen molar-refractivity contribution in [2.24, 2.45) is 0 Å². The van der Waals surface area contributed by atoms with Crippen LogP contribution in [0.25, 0.3) is 0 Å². The van der Waals surface area contributed by atoms with Crippen LogP contribution in [0, 0.1) is 0 Å². The van der Waals surface area contributed by atoms with Crippen LogP contribution in [0.2, 0.25) is 0 Å². The highest BCUT2D eigenvalue weighted by Crippen LogP contribution is 2.27. The lowest BCUT2D eigenvalue weighted by atomic mass is 10.1. The standard InChI is InChI=1S/C18H16N2O5/c1-20-17(22)12-6-4-10(8-13(12)18(20)23)19-16(21)14-9-11(24-2)5-7-15(14)25-3/h4-9H,1-3H3,(H,19,21). The topological polar surface area (TPSA) is 84.9 Å². The number of anilines is 1. The number of carbonyl (C=O) groups excluding carboxylic acids is 3. The van der Waals surface area contributed by atoms with Crippen LogP contribution < -0.4 is 14.8 Å². The van der Waals surface area contributed by atoms with Gasteiger partial charge in [-0.25, -0.2) is 0 Å². The van der Waals surface area contributed by atoms with Crippen molar-refractivity contribution in [3.8, 4) is 11.5 Å². The van der Waals surface area contributed by atoms with E-state index in [4.69, 9.17) is 9.47 Å². The van der Waals surface area contributed by atoms with Crippen LogP contribution >= 0.6 is 0 Å². The second-order valence-corrected chi connectivity index (χ2v) is 5.45. The number of nitrogens with zero attached hydrogens (tertiary/aromatic N) is 1. The highest BCUT2D eigenvalue weighted by atomic mass is 16.5. The largest absolute Gasteiger partial charge is 0.497 e. The molecule has 3 amide bonds. The number of benzene rings is 2. The first-order valence-electron chi connectivity index (χ1n) is 7.46. The number of ether oxygens (including phenoxy) is 2. The van der Waals surface area contributed by atoms with E-state index in [-0.39, 0.29) is 11.5 Å². The van der Waals surface area contributed by atoms with Crippen molar-refractivity contribution in [3.63, 3.8) is 0 Å². The average molecular weight is 340 g/mol. The number of imide groups is 1. The molecule has 0 atom stereocenters. The maximum absolute atomic E-state index is 12.6. The lowest BCUT2D eigenvalue weighted by molar-refractivity contribution is 0.0692. The molecule has 7 nitrogen and oxygen atoms in total. The number of nitrogens with one attached hydrogen (secondary N) is 1. The summed E-state index contributed by atoms with van der Waals surface area (Å²) in [5.74, 6) is -0.254. The third kappa shape index (κ3) is 2.80. The molecule has 0 radical (unpaired) electrons. The van der Waals surface area contributed by atoms with Crippen molar-refractivity contribution < 1.29 is 23.9 Å². The summed E-state index contributed by atoms with van der Waals surface area (Å²) in [5, 5.41) is 2.71. The summed E-state index contributed by atoms with van der Waals surface area (Å²) in [6.45, 7) is 0. The first-order valence-corrected chi connectivity index (χ1v) is 7.46. The van der Waals surface area contributed by atoms with E-state index in [1.165, 1.54) is 33.4 Å². The third-order valence-corrected chi connectivity index (χ3v) is 4.00. The van der Waals surface area contributed by atoms with Gasteiger partial charge in [-0.1, -0.05) is 0 Å². The average Bonchev–Trinajstić information content (AvgIpc) is 2.85. The Morgan fingerprint density at radius 2 is 1.68 bits per heavy atom. The smallest absolute Gasteiger partial charge is 0.261 e. The summed E-state index contributed by atoms with van der Waals surface area (Å²) in [4.78, 5) is 37.6. The summed E-state index contributed by atoms with van der Waals surface area (Å²) in [7, 11) is 4.39. The van der Waals surface area contributed by atoms with Crippen LogP contribution in [0.4, 0.5) is 5.69 Å². The van der Waals surface area contributed by atoms with Crippen LogP contribution in [0.15, 0.2) is 36.4 Å². The molecular weight excluding hydrogens is 324 g/mol. The Balaban J connectivity index is 1.90. The number of fused-ring (bicyclic) bond motifs is 1. The molecule has 0 aromatic heterocycles. The first kappa shape index (κ1) is 16.5. The molecule has 1 aliphatic heterocycles. The van der Waals surface area contributed by atoms with Gasteiger partial charge in [-0.2, -0.15) is 0 Å². The van der Waals surface area contributed by atoms with E-state index in [1.54, 1.807) is 24.3 Å². The number of rotatable bonds is 4. The highest BCUT2D eigenvalue weighted by Gasteiger charge is 2.32. The molecule has 1 aliphatic rings. The summed E-state index contributed by atoms with van der Waals surface area (Å²) < 4.78 is 10.3. The fourth-order valence-corrected chi connectivity index (χ4v) is 2.63. The van der Waals surface area contributed by atoms with Gasteiger partial charge < -0.3 is 14.8 Å². The van der Waals surface area contributed by atoms with E-state index < -0.39 is 11.8 Å². The third-order valence-electron chi connectivity index (χ3n) is 4.00. The summed E-state index contributed by atoms with van der Waals surface area (Å²) in [6.07, 6.45) is 0. The van der Waals surface area contributed by atoms with Crippen LogP contribution in [-0.2, 0) is 0 Å². The van der Waals surface area contributed by atoms with Gasteiger partial charge in [-0.15, -0.1) is 0 Å². The van der Waals surface area contributed by atoms with Crippen LogP contribution in [-0.4, -0.2) is 43.9 Å². The van der Waals surface area contributed by atoms with Crippen molar-refractivity contribution >= 4 is 23.4 Å². The van der Waals surface area contributed by atoms with E-state index in [9.17, 15) is 14.4 Å². The molecule has 0 fully saturated rings. The molecule has 7 heteroatoms.